The van der Waals surface area contributed by atoms with Gasteiger partial charge in [-0.25, -0.2) is 13.2 Å². The van der Waals surface area contributed by atoms with Crippen LogP contribution in [0.4, 0.5) is 13.2 Å². The molecule has 0 bridgehead atoms. The van der Waals surface area contributed by atoms with E-state index in [-0.39, 0.29) is 35.6 Å². The first-order chi connectivity index (χ1) is 13.2. The van der Waals surface area contributed by atoms with Crippen molar-refractivity contribution >= 4 is 5.97 Å². The molecule has 1 saturated carbocycles. The lowest BCUT2D eigenvalue weighted by Gasteiger charge is -2.20. The zero-order chi connectivity index (χ0) is 20.6. The highest BCUT2D eigenvalue weighted by molar-refractivity contribution is 5.76. The quantitative estimate of drug-likeness (QED) is 0.703. The Balaban J connectivity index is 2.17. The van der Waals surface area contributed by atoms with Crippen LogP contribution in [-0.4, -0.2) is 17.7 Å². The summed E-state index contributed by atoms with van der Waals surface area (Å²) in [5.41, 5.74) is 6.14. The minimum absolute atomic E-state index is 0.0624. The van der Waals surface area contributed by atoms with E-state index in [1.807, 2.05) is 0 Å². The van der Waals surface area contributed by atoms with Gasteiger partial charge in [0.15, 0.2) is 0 Å². The molecule has 0 aliphatic heterocycles. The molecule has 0 aromatic heterocycles. The Hall–Kier alpha value is -2.54. The molecule has 1 aliphatic carbocycles. The van der Waals surface area contributed by atoms with Gasteiger partial charge < -0.3 is 15.6 Å². The first kappa shape index (κ1) is 20.2. The molecule has 0 saturated heterocycles. The maximum absolute atomic E-state index is 15.4. The number of benzene rings is 2. The maximum atomic E-state index is 15.4. The van der Waals surface area contributed by atoms with E-state index in [0.29, 0.717) is 5.56 Å². The Morgan fingerprint density at radius 2 is 1.93 bits per heavy atom. The molecule has 0 amide bonds. The van der Waals surface area contributed by atoms with E-state index in [9.17, 15) is 14.3 Å². The molecule has 0 radical (unpaired) electrons. The summed E-state index contributed by atoms with van der Waals surface area (Å²) in [6, 6.07) is 2.13. The van der Waals surface area contributed by atoms with Gasteiger partial charge in [-0.1, -0.05) is 0 Å². The number of carbonyl (C=O) groups is 1. The Morgan fingerprint density at radius 1 is 1.25 bits per heavy atom. The number of aryl methyl sites for hydroxylation is 1. The molecule has 0 unspecified atom stereocenters. The van der Waals surface area contributed by atoms with Crippen molar-refractivity contribution in [3.8, 4) is 16.9 Å². The van der Waals surface area contributed by atoms with Crippen LogP contribution in [0.15, 0.2) is 18.2 Å². The number of nitrogens with two attached hydrogens (primary N) is 1. The summed E-state index contributed by atoms with van der Waals surface area (Å²) in [5.74, 6) is -3.59. The molecule has 3 N–H and O–H groups in total. The van der Waals surface area contributed by atoms with Crippen molar-refractivity contribution in [3.63, 3.8) is 0 Å². The number of phenolic OH excluding ortho intramolecular Hbond substituents is 1. The first-order valence-electron chi connectivity index (χ1n) is 9.17. The molecule has 0 heterocycles. The fourth-order valence-corrected chi connectivity index (χ4v) is 3.46. The van der Waals surface area contributed by atoms with Crippen LogP contribution in [-0.2, 0) is 9.53 Å². The summed E-state index contributed by atoms with van der Waals surface area (Å²) >= 11 is 0. The fourth-order valence-electron chi connectivity index (χ4n) is 3.46. The van der Waals surface area contributed by atoms with Crippen LogP contribution in [0, 0.1) is 24.4 Å². The van der Waals surface area contributed by atoms with Crippen molar-refractivity contribution < 1.29 is 27.8 Å². The molecule has 28 heavy (non-hydrogen) atoms. The number of rotatable bonds is 6. The van der Waals surface area contributed by atoms with Gasteiger partial charge in [-0.05, 0) is 55.9 Å². The first-order valence-corrected chi connectivity index (χ1v) is 9.17. The number of aromatic hydroxyl groups is 1. The predicted molar refractivity (Wildman–Crippen MR) is 98.3 cm³/mol. The number of phenols is 1. The SMILES string of the molecule is CCOC(=O)C[C@H](N)c1c(F)c(-c2c(C)cc(F)cc2O)cc(C2CC2)c1F. The molecular formula is C21H22F3NO3. The number of esters is 1. The van der Waals surface area contributed by atoms with Crippen molar-refractivity contribution in [2.45, 2.75) is 45.1 Å². The van der Waals surface area contributed by atoms with Gasteiger partial charge in [0, 0.05) is 28.8 Å². The van der Waals surface area contributed by atoms with Crippen LogP contribution < -0.4 is 5.73 Å². The van der Waals surface area contributed by atoms with Crippen molar-refractivity contribution in [2.24, 2.45) is 5.73 Å². The molecular weight excluding hydrogens is 371 g/mol. The lowest BCUT2D eigenvalue weighted by atomic mass is 9.90. The van der Waals surface area contributed by atoms with Crippen LogP contribution in [0.5, 0.6) is 5.75 Å². The van der Waals surface area contributed by atoms with Gasteiger partial charge in [-0.15, -0.1) is 0 Å². The van der Waals surface area contributed by atoms with E-state index in [4.69, 9.17) is 10.5 Å². The zero-order valence-corrected chi connectivity index (χ0v) is 15.7. The van der Waals surface area contributed by atoms with Crippen LogP contribution in [0.3, 0.4) is 0 Å². The standard InChI is InChI=1S/C21H22F3NO3/c1-3-28-17(27)9-15(25)19-20(23)13(11-4-5-11)8-14(21(19)24)18-10(2)6-12(22)7-16(18)26/h6-8,11,15,26H,3-5,9,25H2,1-2H3/t15-/m0/s1. The summed E-state index contributed by atoms with van der Waals surface area (Å²) < 4.78 is 48.8. The van der Waals surface area contributed by atoms with Crippen LogP contribution in [0.1, 0.15) is 54.8 Å². The molecule has 7 heteroatoms. The van der Waals surface area contributed by atoms with E-state index < -0.39 is 40.8 Å². The highest BCUT2D eigenvalue weighted by Crippen LogP contribution is 2.46. The Bertz CT molecular complexity index is 903. The van der Waals surface area contributed by atoms with Crippen molar-refractivity contribution in [3.05, 3.63) is 52.3 Å². The molecule has 3 rings (SSSR count). The third-order valence-corrected chi connectivity index (χ3v) is 4.89. The number of ether oxygens (including phenoxy) is 1. The van der Waals surface area contributed by atoms with E-state index in [1.165, 1.54) is 13.0 Å². The number of halogens is 3. The van der Waals surface area contributed by atoms with E-state index >= 15 is 8.78 Å². The second kappa shape index (κ2) is 7.83. The molecule has 1 aliphatic rings. The van der Waals surface area contributed by atoms with Crippen molar-refractivity contribution in [1.29, 1.82) is 0 Å². The Morgan fingerprint density at radius 3 is 2.50 bits per heavy atom. The molecule has 150 valence electrons. The highest BCUT2D eigenvalue weighted by atomic mass is 19.1. The average molecular weight is 393 g/mol. The van der Waals surface area contributed by atoms with Crippen molar-refractivity contribution in [1.82, 2.24) is 0 Å². The van der Waals surface area contributed by atoms with Gasteiger partial charge >= 0.3 is 5.97 Å². The van der Waals surface area contributed by atoms with Gasteiger partial charge in [-0.3, -0.25) is 4.79 Å². The van der Waals surface area contributed by atoms with Gasteiger partial charge in [-0.2, -0.15) is 0 Å². The smallest absolute Gasteiger partial charge is 0.307 e. The Labute approximate surface area is 161 Å². The summed E-state index contributed by atoms with van der Waals surface area (Å²) in [6.45, 7) is 3.28. The normalized spacial score (nSPS) is 14.8. The van der Waals surface area contributed by atoms with Crippen LogP contribution >= 0.6 is 0 Å². The molecule has 1 atom stereocenters. The van der Waals surface area contributed by atoms with E-state index in [2.05, 4.69) is 0 Å². The minimum Gasteiger partial charge on any atom is -0.507 e. The number of carbonyl (C=O) groups excluding carboxylic acids is 1. The molecule has 0 spiro atoms. The summed E-state index contributed by atoms with van der Waals surface area (Å²) in [7, 11) is 0. The monoisotopic (exact) mass is 393 g/mol. The Kier molecular flexibility index (Phi) is 5.65. The second-order valence-corrected chi connectivity index (χ2v) is 7.06. The van der Waals surface area contributed by atoms with E-state index in [0.717, 1.165) is 25.0 Å². The third-order valence-electron chi connectivity index (χ3n) is 4.89. The van der Waals surface area contributed by atoms with Crippen molar-refractivity contribution in [2.75, 3.05) is 6.61 Å². The maximum Gasteiger partial charge on any atom is 0.307 e. The summed E-state index contributed by atoms with van der Waals surface area (Å²) in [6.07, 6.45) is 1.12. The third kappa shape index (κ3) is 3.85. The van der Waals surface area contributed by atoms with Gasteiger partial charge in [0.1, 0.15) is 23.2 Å². The van der Waals surface area contributed by atoms with Crippen LogP contribution in [0.25, 0.3) is 11.1 Å². The molecule has 1 fully saturated rings. The summed E-state index contributed by atoms with van der Waals surface area (Å²) in [4.78, 5) is 11.8. The fraction of sp³-hybridized carbons (Fsp3) is 0.381. The molecule has 4 nitrogen and oxygen atoms in total. The lowest BCUT2D eigenvalue weighted by molar-refractivity contribution is -0.143. The molecule has 2 aromatic carbocycles. The summed E-state index contributed by atoms with van der Waals surface area (Å²) in [5, 5.41) is 10.2. The lowest BCUT2D eigenvalue weighted by Crippen LogP contribution is -2.21. The highest BCUT2D eigenvalue weighted by Gasteiger charge is 2.33. The predicted octanol–water partition coefficient (Wildman–Crippen LogP) is 4.62. The number of hydrogen-bond donors (Lipinski definition) is 2. The van der Waals surface area contributed by atoms with Gasteiger partial charge in [0.2, 0.25) is 0 Å². The average Bonchev–Trinajstić information content (AvgIpc) is 3.41. The van der Waals surface area contributed by atoms with Gasteiger partial charge in [0.05, 0.1) is 13.0 Å². The largest absolute Gasteiger partial charge is 0.507 e. The number of hydrogen-bond acceptors (Lipinski definition) is 4. The molecule has 2 aromatic rings. The van der Waals surface area contributed by atoms with E-state index in [1.54, 1.807) is 6.92 Å². The minimum atomic E-state index is -1.25. The topological polar surface area (TPSA) is 72.5 Å². The van der Waals surface area contributed by atoms with Gasteiger partial charge in [0.25, 0.3) is 0 Å². The second-order valence-electron chi connectivity index (χ2n) is 7.06. The zero-order valence-electron chi connectivity index (χ0n) is 15.7. The van der Waals surface area contributed by atoms with Crippen LogP contribution in [0.2, 0.25) is 0 Å².